The predicted octanol–water partition coefficient (Wildman–Crippen LogP) is 3.63. The van der Waals surface area contributed by atoms with Crippen molar-refractivity contribution >= 4 is 51.9 Å². The number of H-pyrrole nitrogens is 1. The first-order valence-corrected chi connectivity index (χ1v) is 21.5. The highest BCUT2D eigenvalue weighted by Crippen LogP contribution is 2.41. The molecule has 2 N–H and O–H groups in total. The Morgan fingerprint density at radius 1 is 0.817 bits per heavy atom. The molecule has 1 saturated carbocycles. The van der Waals surface area contributed by atoms with Gasteiger partial charge in [0.1, 0.15) is 35.2 Å². The van der Waals surface area contributed by atoms with Gasteiger partial charge in [-0.25, -0.2) is 9.97 Å². The molecule has 16 nitrogen and oxygen atoms in total. The number of benzene rings is 2. The normalized spacial score (nSPS) is 22.7. The quantitative estimate of drug-likeness (QED) is 0.235. The Bertz CT molecular complexity index is 2370. The van der Waals surface area contributed by atoms with Crippen molar-refractivity contribution in [1.82, 2.24) is 40.2 Å². The summed E-state index contributed by atoms with van der Waals surface area (Å²) >= 11 is 0. The van der Waals surface area contributed by atoms with Crippen LogP contribution in [-0.4, -0.2) is 135 Å². The van der Waals surface area contributed by atoms with Crippen LogP contribution in [0.25, 0.3) is 22.3 Å². The molecule has 5 aliphatic heterocycles. The maximum atomic E-state index is 13.7. The first kappa shape index (κ1) is 38.3. The maximum Gasteiger partial charge on any atom is 0.262 e. The zero-order chi connectivity index (χ0) is 41.1. The van der Waals surface area contributed by atoms with E-state index in [1.165, 1.54) is 0 Å². The van der Waals surface area contributed by atoms with Gasteiger partial charge in [0.25, 0.3) is 11.8 Å². The summed E-state index contributed by atoms with van der Waals surface area (Å²) in [4.78, 5) is 83.6. The standard InChI is InChI=1S/C44H50N10O6/c1-44(12-13-44)60-30-3-5-34-33(23-30)39(49-48-34)35-24-37(46-26-45-35)52-14-8-27(9-15-52)25-50-18-20-53(21-19-50)41(57)28-10-16-51(17-11-28)29-2-4-31-32(22-29)43(59)54(42(31)58)36-6-7-38(55)47-40(36)56/h2-5,22-24,26-28,36H,6-21,25H2,1H3,(H,48,49)(H,47,55,56). The number of piperidine rings is 3. The summed E-state index contributed by atoms with van der Waals surface area (Å²) < 4.78 is 6.22. The molecular weight excluding hydrogens is 765 g/mol. The molecule has 5 fully saturated rings. The number of imide groups is 2. The van der Waals surface area contributed by atoms with Crippen molar-refractivity contribution in [3.63, 3.8) is 0 Å². The van der Waals surface area contributed by atoms with Crippen molar-refractivity contribution in [2.75, 3.05) is 68.7 Å². The fraction of sp³-hybridized carbons (Fsp3) is 0.500. The Morgan fingerprint density at radius 2 is 1.57 bits per heavy atom. The molecule has 4 aromatic rings. The van der Waals surface area contributed by atoms with Crippen molar-refractivity contribution in [2.24, 2.45) is 11.8 Å². The summed E-state index contributed by atoms with van der Waals surface area (Å²) in [6.07, 6.45) is 7.57. The van der Waals surface area contributed by atoms with Gasteiger partial charge in [-0.15, -0.1) is 0 Å². The van der Waals surface area contributed by atoms with E-state index >= 15 is 0 Å². The number of amides is 5. The average molecular weight is 815 g/mol. The van der Waals surface area contributed by atoms with E-state index in [2.05, 4.69) is 53.2 Å². The number of hydrogen-bond acceptors (Lipinski definition) is 12. The Balaban J connectivity index is 0.679. The molecule has 60 heavy (non-hydrogen) atoms. The van der Waals surface area contributed by atoms with Gasteiger partial charge in [0.2, 0.25) is 17.7 Å². The third-order valence-corrected chi connectivity index (χ3v) is 13.5. The minimum Gasteiger partial charge on any atom is -0.488 e. The first-order chi connectivity index (χ1) is 29.1. The third-order valence-electron chi connectivity index (χ3n) is 13.5. The summed E-state index contributed by atoms with van der Waals surface area (Å²) in [5.41, 5.74) is 3.83. The highest BCUT2D eigenvalue weighted by atomic mass is 16.5. The van der Waals surface area contributed by atoms with Gasteiger partial charge < -0.3 is 19.4 Å². The summed E-state index contributed by atoms with van der Waals surface area (Å²) in [6.45, 7) is 9.59. The van der Waals surface area contributed by atoms with Gasteiger partial charge in [-0.2, -0.15) is 5.10 Å². The minimum atomic E-state index is -0.993. The van der Waals surface area contributed by atoms with Crippen molar-refractivity contribution in [3.8, 4) is 17.1 Å². The van der Waals surface area contributed by atoms with E-state index in [4.69, 9.17) is 4.74 Å². The molecule has 1 aliphatic carbocycles. The van der Waals surface area contributed by atoms with Gasteiger partial charge in [0.05, 0.1) is 22.3 Å². The van der Waals surface area contributed by atoms with Gasteiger partial charge in [0, 0.05) is 88.4 Å². The number of rotatable bonds is 9. The molecule has 1 atom stereocenters. The number of piperazine rings is 1. The van der Waals surface area contributed by atoms with E-state index in [1.807, 2.05) is 29.2 Å². The molecule has 0 bridgehead atoms. The zero-order valence-electron chi connectivity index (χ0n) is 33.9. The number of ether oxygens (including phenoxy) is 1. The number of anilines is 2. The van der Waals surface area contributed by atoms with Gasteiger partial charge in [-0.05, 0) is 94.2 Å². The lowest BCUT2D eigenvalue weighted by Crippen LogP contribution is -2.54. The number of aromatic nitrogens is 4. The van der Waals surface area contributed by atoms with Gasteiger partial charge in [-0.1, -0.05) is 0 Å². The van der Waals surface area contributed by atoms with E-state index in [9.17, 15) is 24.0 Å². The van der Waals surface area contributed by atoms with Crippen molar-refractivity contribution in [1.29, 1.82) is 0 Å². The Hall–Kier alpha value is -5.90. The maximum absolute atomic E-state index is 13.7. The van der Waals surface area contributed by atoms with E-state index in [0.717, 1.165) is 116 Å². The minimum absolute atomic E-state index is 0.0470. The van der Waals surface area contributed by atoms with Crippen LogP contribution in [0.15, 0.2) is 48.8 Å². The lowest BCUT2D eigenvalue weighted by atomic mass is 9.94. The molecule has 10 rings (SSSR count). The molecule has 5 amide bonds. The van der Waals surface area contributed by atoms with Crippen molar-refractivity contribution in [3.05, 3.63) is 59.9 Å². The van der Waals surface area contributed by atoms with Crippen molar-refractivity contribution < 1.29 is 28.7 Å². The van der Waals surface area contributed by atoms with E-state index in [0.29, 0.717) is 31.8 Å². The summed E-state index contributed by atoms with van der Waals surface area (Å²) in [5.74, 6) is 0.492. The first-order valence-electron chi connectivity index (χ1n) is 21.5. The van der Waals surface area contributed by atoms with Crippen molar-refractivity contribution in [2.45, 2.75) is 69.9 Å². The van der Waals surface area contributed by atoms with Crippen LogP contribution in [0.1, 0.15) is 79.0 Å². The van der Waals surface area contributed by atoms with Crippen LogP contribution in [-0.2, 0) is 14.4 Å². The second-order valence-corrected chi connectivity index (χ2v) is 17.6. The van der Waals surface area contributed by atoms with Gasteiger partial charge in [0.15, 0.2) is 0 Å². The molecule has 2 aromatic heterocycles. The molecule has 16 heteroatoms. The molecule has 312 valence electrons. The molecule has 6 aliphatic rings. The molecule has 0 radical (unpaired) electrons. The van der Waals surface area contributed by atoms with Crippen LogP contribution in [0.2, 0.25) is 0 Å². The Morgan fingerprint density at radius 3 is 2.32 bits per heavy atom. The molecule has 4 saturated heterocycles. The van der Waals surface area contributed by atoms with E-state index in [-0.39, 0.29) is 41.4 Å². The van der Waals surface area contributed by atoms with E-state index < -0.39 is 29.7 Å². The number of carbonyl (C=O) groups is 5. The van der Waals surface area contributed by atoms with Gasteiger partial charge >= 0.3 is 0 Å². The largest absolute Gasteiger partial charge is 0.488 e. The monoisotopic (exact) mass is 814 g/mol. The second kappa shape index (κ2) is 15.3. The zero-order valence-corrected chi connectivity index (χ0v) is 33.9. The number of hydrogen-bond donors (Lipinski definition) is 2. The topological polar surface area (TPSA) is 177 Å². The average Bonchev–Trinajstić information content (AvgIpc) is 3.75. The molecule has 1 unspecified atom stereocenters. The van der Waals surface area contributed by atoms with Gasteiger partial charge in [-0.3, -0.25) is 44.2 Å². The Kier molecular flexibility index (Phi) is 9.76. The number of nitrogens with zero attached hydrogens (tertiary/aromatic N) is 8. The fourth-order valence-corrected chi connectivity index (χ4v) is 9.62. The van der Waals surface area contributed by atoms with Crippen LogP contribution in [0.5, 0.6) is 5.75 Å². The Labute approximate surface area is 347 Å². The lowest BCUT2D eigenvalue weighted by Gasteiger charge is -2.41. The number of nitrogens with one attached hydrogen (secondary N) is 2. The third kappa shape index (κ3) is 7.34. The molecule has 2 aromatic carbocycles. The lowest BCUT2D eigenvalue weighted by molar-refractivity contribution is -0.138. The van der Waals surface area contributed by atoms with Crippen LogP contribution >= 0.6 is 0 Å². The SMILES string of the molecule is CC1(Oc2ccc3[nH]nc(-c4cc(N5CCC(CN6CCN(C(=O)C7CCN(c8ccc9c(c8)C(=O)N(C8CCC(=O)NC8=O)C9=O)CC7)CC6)CC5)ncn4)c3c2)CC1. The second-order valence-electron chi connectivity index (χ2n) is 17.6. The summed E-state index contributed by atoms with van der Waals surface area (Å²) in [7, 11) is 0. The molecule has 7 heterocycles. The predicted molar refractivity (Wildman–Crippen MR) is 221 cm³/mol. The van der Waals surface area contributed by atoms with Crippen LogP contribution in [0.4, 0.5) is 11.5 Å². The van der Waals surface area contributed by atoms with Crippen LogP contribution in [0, 0.1) is 11.8 Å². The number of aromatic amines is 1. The smallest absolute Gasteiger partial charge is 0.262 e. The van der Waals surface area contributed by atoms with Crippen LogP contribution in [0.3, 0.4) is 0 Å². The van der Waals surface area contributed by atoms with Crippen LogP contribution < -0.4 is 19.9 Å². The molecule has 0 spiro atoms. The highest BCUT2D eigenvalue weighted by molar-refractivity contribution is 6.23. The number of fused-ring (bicyclic) bond motifs is 2. The molecular formula is C44H50N10O6. The summed E-state index contributed by atoms with van der Waals surface area (Å²) in [6, 6.07) is 12.3. The number of carbonyl (C=O) groups excluding carboxylic acids is 5. The fourth-order valence-electron chi connectivity index (χ4n) is 9.62. The van der Waals surface area contributed by atoms with E-state index in [1.54, 1.807) is 18.5 Å². The summed E-state index contributed by atoms with van der Waals surface area (Å²) in [5, 5.41) is 11.0. The highest BCUT2D eigenvalue weighted by Gasteiger charge is 2.45.